The summed E-state index contributed by atoms with van der Waals surface area (Å²) in [5.74, 6) is 0.872. The van der Waals surface area contributed by atoms with Crippen LogP contribution in [-0.2, 0) is 59.4 Å². The van der Waals surface area contributed by atoms with E-state index in [4.69, 9.17) is 10.6 Å². The van der Waals surface area contributed by atoms with Crippen molar-refractivity contribution in [2.24, 2.45) is 10.9 Å². The maximum absolute atomic E-state index is 13.9. The largest absolute Gasteiger partial charge is 0.399 e. The number of aryl methyl sites for hydroxylation is 5. The Morgan fingerprint density at radius 1 is 0.445 bits per heavy atom. The van der Waals surface area contributed by atoms with Gasteiger partial charge >= 0.3 is 5.69 Å². The maximum atomic E-state index is 13.9. The van der Waals surface area contributed by atoms with Crippen molar-refractivity contribution in [1.82, 2.24) is 14.2 Å². The molecular formula is C100H116Br7N5O7. The lowest BCUT2D eigenvalue weighted by Crippen LogP contribution is -2.24. The average molecular weight is 2060 g/mol. The second-order valence-electron chi connectivity index (χ2n) is 27.9. The summed E-state index contributed by atoms with van der Waals surface area (Å²) in [6.45, 7) is 21.2. The number of amides is 1. The topological polar surface area (TPSA) is 163 Å². The molecule has 632 valence electrons. The Kier molecular flexibility index (Phi) is 51.4. The number of hydrogen-bond acceptors (Lipinski definition) is 9. The van der Waals surface area contributed by atoms with E-state index in [0.29, 0.717) is 18.5 Å². The van der Waals surface area contributed by atoms with Gasteiger partial charge in [0.1, 0.15) is 0 Å². The lowest BCUT2D eigenvalue weighted by atomic mass is 9.87. The summed E-state index contributed by atoms with van der Waals surface area (Å²) in [5.41, 5.74) is 21.7. The number of nitrogens with two attached hydrogens (primary N) is 1. The predicted octanol–water partition coefficient (Wildman–Crippen LogP) is 29.5. The fourth-order valence-electron chi connectivity index (χ4n) is 12.0. The zero-order valence-corrected chi connectivity index (χ0v) is 81.9. The molecule has 2 N–H and O–H groups in total. The standard InChI is InChI=1S/C26H24Br2N2O.C20H23BrO.C13H17BrO.C13H18O.C8H9Br.C7H4BrNO.C7H15NO2.C6H6BrN/c1-3-6-24-25(19-8-5-7-18(4-2)17-19)30(23-15-11-21(28)12-16-23)26(31)29(24)22-13-9-20(27)10-14-22;1-3-6-17(14-16-9-11-19(21)12-10-16)20(22)18-8-5-7-15(4-2)13-18;1-3-6-12(14)13(15)11-8-5-7-10(4-2)9-11;1-3-5-9-13(14)12-8-6-7-11(4-2)10-12;1-2-7-4-3-5-8(9)6-7;8-6-1-3-7(4-2-6)9-5-10;1-4-5-6-7(9)8(2)10-3;7-5-1-3-6(8)4-2-5/h5,7-17H,3-4,6H2,1-2H3;5,7-13,17H,3-4,6,14H2,1-2H3;5,7-9,12H,3-4,6H2,1-2H3;6-8,10H,3-5,9H2,1-2H3;3-6H,2H2,1H3;1-4H;4-6H2,1-3H3;1-4H,8H2. The summed E-state index contributed by atoms with van der Waals surface area (Å²) in [4.78, 5) is 79.2. The zero-order valence-electron chi connectivity index (χ0n) is 70.8. The van der Waals surface area contributed by atoms with Crippen LogP contribution in [-0.4, -0.2) is 62.5 Å². The Labute approximate surface area is 766 Å². The van der Waals surface area contributed by atoms with Crippen LogP contribution in [0.5, 0.6) is 0 Å². The number of hydrogen-bond donors (Lipinski definition) is 1. The molecule has 0 saturated carbocycles. The molecule has 12 nitrogen and oxygen atoms in total. The predicted molar refractivity (Wildman–Crippen MR) is 523 cm³/mol. The van der Waals surface area contributed by atoms with Crippen LogP contribution in [0.2, 0.25) is 0 Å². The van der Waals surface area contributed by atoms with Gasteiger partial charge in [0.2, 0.25) is 12.0 Å². The molecule has 11 rings (SSSR count). The monoisotopic (exact) mass is 2050 g/mol. The van der Waals surface area contributed by atoms with Crippen LogP contribution in [0, 0.1) is 5.92 Å². The smallest absolute Gasteiger partial charge is 0.338 e. The van der Waals surface area contributed by atoms with Crippen molar-refractivity contribution in [2.75, 3.05) is 19.9 Å². The van der Waals surface area contributed by atoms with Gasteiger partial charge in [0.25, 0.3) is 0 Å². The van der Waals surface area contributed by atoms with Gasteiger partial charge in [-0.2, -0.15) is 4.99 Å². The SMILES string of the molecule is CCCC(Br)C(=O)c1cccc(CC)c1.CCCC(Cc1ccc(Br)cc1)C(=O)c1cccc(CC)c1.CCCCC(=O)N(C)OC.CCCCC(=O)c1cccc(CC)c1.CCCc1c(-c2cccc(CC)c2)n(-c2ccc(Br)cc2)c(=O)n1-c1ccc(Br)cc1.CCc1cccc(Br)c1.Nc1ccc(Br)cc1.O=C=Nc1ccc(Br)cc1. The van der Waals surface area contributed by atoms with Crippen LogP contribution in [0.4, 0.5) is 11.4 Å². The molecule has 119 heavy (non-hydrogen) atoms. The third-order valence-corrected chi connectivity index (χ3v) is 22.8. The highest BCUT2D eigenvalue weighted by molar-refractivity contribution is 9.11. The highest BCUT2D eigenvalue weighted by Gasteiger charge is 2.25. The van der Waals surface area contributed by atoms with Crippen LogP contribution in [0.25, 0.3) is 22.6 Å². The third kappa shape index (κ3) is 38.0. The van der Waals surface area contributed by atoms with Gasteiger partial charge in [-0.05, 0) is 250 Å². The van der Waals surface area contributed by atoms with Crippen LogP contribution in [0.1, 0.15) is 210 Å². The molecule has 1 aromatic heterocycles. The molecule has 0 fully saturated rings. The lowest BCUT2D eigenvalue weighted by Gasteiger charge is -2.16. The van der Waals surface area contributed by atoms with Gasteiger partial charge in [-0.1, -0.05) is 310 Å². The van der Waals surface area contributed by atoms with Crippen LogP contribution in [0.3, 0.4) is 0 Å². The molecule has 0 radical (unpaired) electrons. The number of aliphatic imine (C=N–C) groups is 1. The summed E-state index contributed by atoms with van der Waals surface area (Å²) in [6.07, 6.45) is 18.2. The minimum Gasteiger partial charge on any atom is -0.399 e. The number of carbonyl (C=O) groups excluding carboxylic acids is 5. The van der Waals surface area contributed by atoms with Crippen molar-refractivity contribution in [2.45, 2.75) is 190 Å². The first-order valence-electron chi connectivity index (χ1n) is 40.9. The Bertz CT molecular complexity index is 4910. The molecule has 0 saturated heterocycles. The number of nitrogen functional groups attached to an aromatic ring is 1. The first-order valence-corrected chi connectivity index (χ1v) is 46.6. The molecule has 2 unspecified atom stereocenters. The van der Waals surface area contributed by atoms with E-state index in [1.807, 2.05) is 167 Å². The lowest BCUT2D eigenvalue weighted by molar-refractivity contribution is -0.168. The first kappa shape index (κ1) is 104. The number of alkyl halides is 1. The van der Waals surface area contributed by atoms with Crippen molar-refractivity contribution < 1.29 is 28.8 Å². The fourth-order valence-corrected chi connectivity index (χ4v) is 14.5. The number of hydroxylamine groups is 2. The summed E-state index contributed by atoms with van der Waals surface area (Å²) >= 11 is 23.9. The number of Topliss-reactive ketones (excluding diaryl/α,β-unsaturated/α-hetero) is 3. The van der Waals surface area contributed by atoms with Crippen molar-refractivity contribution >= 4 is 152 Å². The molecule has 10 aromatic carbocycles. The number of imidazole rings is 1. The van der Waals surface area contributed by atoms with Gasteiger partial charge in [0.05, 0.1) is 40.4 Å². The van der Waals surface area contributed by atoms with E-state index in [1.165, 1.54) is 56.1 Å². The second kappa shape index (κ2) is 59.0. The summed E-state index contributed by atoms with van der Waals surface area (Å²) in [5, 5.41) is 1.26. The number of aromatic nitrogens is 2. The minimum atomic E-state index is -0.0509. The van der Waals surface area contributed by atoms with E-state index in [1.54, 1.807) is 19.2 Å². The van der Waals surface area contributed by atoms with E-state index < -0.39 is 0 Å². The third-order valence-electron chi connectivity index (χ3n) is 18.8. The normalized spacial score (nSPS) is 10.7. The number of rotatable bonds is 29. The number of unbranched alkanes of at least 4 members (excludes halogenated alkanes) is 2. The number of benzene rings is 10. The van der Waals surface area contributed by atoms with Crippen molar-refractivity contribution in [3.63, 3.8) is 0 Å². The number of carbonyl (C=O) groups is 4. The Hall–Kier alpha value is -7.81. The Balaban J connectivity index is 0.000000300. The molecule has 19 heteroatoms. The van der Waals surface area contributed by atoms with Crippen LogP contribution >= 0.6 is 112 Å². The fraction of sp³-hybridized carbons (Fsp3) is 0.320. The molecule has 2 atom stereocenters. The first-order chi connectivity index (χ1) is 57.3. The van der Waals surface area contributed by atoms with E-state index in [9.17, 15) is 28.8 Å². The van der Waals surface area contributed by atoms with E-state index in [0.717, 1.165) is 176 Å². The highest BCUT2D eigenvalue weighted by atomic mass is 79.9. The molecule has 0 aliphatic rings. The van der Waals surface area contributed by atoms with E-state index in [-0.39, 0.29) is 39.7 Å². The van der Waals surface area contributed by atoms with Gasteiger partial charge in [-0.25, -0.2) is 14.7 Å². The van der Waals surface area contributed by atoms with Gasteiger partial charge in [0, 0.05) is 80.6 Å². The molecule has 1 amide bonds. The molecule has 0 bridgehead atoms. The van der Waals surface area contributed by atoms with Gasteiger partial charge in [-0.3, -0.25) is 33.1 Å². The van der Waals surface area contributed by atoms with Crippen molar-refractivity contribution in [3.05, 3.63) is 336 Å². The number of ketones is 3. The highest BCUT2D eigenvalue weighted by Crippen LogP contribution is 2.32. The van der Waals surface area contributed by atoms with Gasteiger partial charge in [-0.15, -0.1) is 0 Å². The van der Waals surface area contributed by atoms with Gasteiger partial charge in [0.15, 0.2) is 17.3 Å². The van der Waals surface area contributed by atoms with Crippen molar-refractivity contribution in [1.29, 1.82) is 0 Å². The van der Waals surface area contributed by atoms with E-state index in [2.05, 4.69) is 259 Å². The summed E-state index contributed by atoms with van der Waals surface area (Å²) in [7, 11) is 3.11. The summed E-state index contributed by atoms with van der Waals surface area (Å²) < 4.78 is 9.97. The molecule has 0 aliphatic carbocycles. The average Bonchev–Trinajstić information content (AvgIpc) is 1.59. The van der Waals surface area contributed by atoms with E-state index >= 15 is 0 Å². The second-order valence-corrected chi connectivity index (χ2v) is 34.5. The molecule has 11 aromatic rings. The number of anilines is 1. The Morgan fingerprint density at radius 2 is 0.857 bits per heavy atom. The van der Waals surface area contributed by atoms with Gasteiger partial charge < -0.3 is 5.73 Å². The molecular weight excluding hydrogens is 1940 g/mol. The van der Waals surface area contributed by atoms with Crippen LogP contribution < -0.4 is 11.4 Å². The minimum absolute atomic E-state index is 0.0328. The van der Waals surface area contributed by atoms with Crippen LogP contribution in [0.15, 0.2) is 279 Å². The Morgan fingerprint density at radius 3 is 1.29 bits per heavy atom. The zero-order chi connectivity index (χ0) is 87.6. The van der Waals surface area contributed by atoms with Crippen molar-refractivity contribution in [3.8, 4) is 22.6 Å². The quantitative estimate of drug-likeness (QED) is 0.0121. The number of isocyanates is 1. The molecule has 0 spiro atoms. The molecule has 0 aliphatic heterocycles. The maximum Gasteiger partial charge on any atom is 0.338 e. The number of nitrogens with zero attached hydrogens (tertiary/aromatic N) is 4. The molecule has 1 heterocycles. The number of halogens is 7. The summed E-state index contributed by atoms with van der Waals surface area (Å²) in [6, 6.07) is 79.6.